The molecule has 1 fully saturated rings. The highest BCUT2D eigenvalue weighted by atomic mass is 32.2. The number of fused-ring (bicyclic) bond motifs is 1. The fourth-order valence-electron chi connectivity index (χ4n) is 4.31. The molecule has 1 aliphatic rings. The zero-order valence-electron chi connectivity index (χ0n) is 19.1. The number of anilines is 2. The molecule has 4 aromatic rings. The van der Waals surface area contributed by atoms with Crippen LogP contribution in [0.5, 0.6) is 0 Å². The van der Waals surface area contributed by atoms with Crippen LogP contribution in [0.4, 0.5) is 11.4 Å². The lowest BCUT2D eigenvalue weighted by Gasteiger charge is -2.14. The minimum atomic E-state index is -3.10. The molecule has 34 heavy (non-hydrogen) atoms. The van der Waals surface area contributed by atoms with Crippen molar-refractivity contribution < 1.29 is 13.2 Å². The smallest absolute Gasteiger partial charge is 0.256 e. The Morgan fingerprint density at radius 2 is 1.97 bits per heavy atom. The molecule has 1 aromatic carbocycles. The molecule has 4 heterocycles. The van der Waals surface area contributed by atoms with Gasteiger partial charge in [-0.05, 0) is 55.1 Å². The molecule has 1 aliphatic heterocycles. The minimum absolute atomic E-state index is 0.0356. The van der Waals surface area contributed by atoms with Crippen LogP contribution in [0, 0.1) is 6.92 Å². The van der Waals surface area contributed by atoms with Gasteiger partial charge < -0.3 is 10.2 Å². The van der Waals surface area contributed by atoms with Crippen molar-refractivity contribution in [2.45, 2.75) is 19.4 Å². The molecule has 3 aromatic heterocycles. The van der Waals surface area contributed by atoms with Crippen LogP contribution in [0.2, 0.25) is 0 Å². The molecule has 0 aliphatic carbocycles. The summed E-state index contributed by atoms with van der Waals surface area (Å²) in [7, 11) is 0.821. The summed E-state index contributed by atoms with van der Waals surface area (Å²) >= 11 is 1.53. The van der Waals surface area contributed by atoms with Crippen LogP contribution >= 0.6 is 11.3 Å². The Morgan fingerprint density at radius 3 is 2.59 bits per heavy atom. The molecule has 5 rings (SSSR count). The first-order valence-electron chi connectivity index (χ1n) is 10.9. The lowest BCUT2D eigenvalue weighted by atomic mass is 10.1. The summed E-state index contributed by atoms with van der Waals surface area (Å²) in [6.45, 7) is 1.83. The Kier molecular flexibility index (Phi) is 5.65. The Labute approximate surface area is 202 Å². The third-order valence-corrected chi connectivity index (χ3v) is 8.69. The second kappa shape index (κ2) is 8.52. The van der Waals surface area contributed by atoms with Gasteiger partial charge in [0.15, 0.2) is 15.5 Å². The average Bonchev–Trinajstić information content (AvgIpc) is 3.53. The van der Waals surface area contributed by atoms with Crippen LogP contribution in [0.1, 0.15) is 28.5 Å². The predicted molar refractivity (Wildman–Crippen MR) is 137 cm³/mol. The molecule has 10 heteroatoms. The van der Waals surface area contributed by atoms with E-state index in [1.165, 1.54) is 11.3 Å². The van der Waals surface area contributed by atoms with Crippen molar-refractivity contribution in [3.63, 3.8) is 0 Å². The van der Waals surface area contributed by atoms with Crippen molar-refractivity contribution in [3.8, 4) is 10.6 Å². The zero-order chi connectivity index (χ0) is 24.0. The van der Waals surface area contributed by atoms with Gasteiger partial charge >= 0.3 is 0 Å². The number of thiophene rings is 1. The van der Waals surface area contributed by atoms with Gasteiger partial charge in [-0.3, -0.25) is 4.79 Å². The van der Waals surface area contributed by atoms with E-state index in [1.54, 1.807) is 10.7 Å². The van der Waals surface area contributed by atoms with E-state index >= 15 is 0 Å². The van der Waals surface area contributed by atoms with Gasteiger partial charge in [-0.1, -0.05) is 6.07 Å². The van der Waals surface area contributed by atoms with Gasteiger partial charge in [0, 0.05) is 25.5 Å². The molecule has 8 nitrogen and oxygen atoms in total. The molecule has 0 spiro atoms. The van der Waals surface area contributed by atoms with E-state index in [0.717, 1.165) is 10.6 Å². The van der Waals surface area contributed by atoms with Crippen molar-refractivity contribution in [2.24, 2.45) is 0 Å². The highest BCUT2D eigenvalue weighted by molar-refractivity contribution is 7.91. The van der Waals surface area contributed by atoms with E-state index < -0.39 is 9.84 Å². The second-order valence-electron chi connectivity index (χ2n) is 8.71. The van der Waals surface area contributed by atoms with Gasteiger partial charge in [0.2, 0.25) is 0 Å². The highest BCUT2D eigenvalue weighted by Crippen LogP contribution is 2.33. The van der Waals surface area contributed by atoms with Crippen LogP contribution in [0.15, 0.2) is 47.8 Å². The number of carbonyl (C=O) groups is 1. The SMILES string of the molecule is Cc1nn([C@@H]2CCS(=O)(=O)C2)c2nc(-c3cccs3)cc(C(=O)Nc3ccc(N(C)C)cc3)c12. The van der Waals surface area contributed by atoms with Crippen LogP contribution in [-0.4, -0.2) is 54.7 Å². The van der Waals surface area contributed by atoms with Crippen molar-refractivity contribution in [3.05, 3.63) is 59.1 Å². The van der Waals surface area contributed by atoms with E-state index in [-0.39, 0.29) is 23.5 Å². The lowest BCUT2D eigenvalue weighted by Crippen LogP contribution is -2.15. The average molecular weight is 496 g/mol. The number of aromatic nitrogens is 3. The number of carbonyl (C=O) groups excluding carboxylic acids is 1. The van der Waals surface area contributed by atoms with Gasteiger partial charge in [0.25, 0.3) is 5.91 Å². The van der Waals surface area contributed by atoms with Gasteiger partial charge in [0.05, 0.1) is 44.8 Å². The molecule has 0 unspecified atom stereocenters. The first-order valence-corrected chi connectivity index (χ1v) is 13.6. The quantitative estimate of drug-likeness (QED) is 0.447. The summed E-state index contributed by atoms with van der Waals surface area (Å²) < 4.78 is 26.0. The van der Waals surface area contributed by atoms with Crippen LogP contribution in [-0.2, 0) is 9.84 Å². The minimum Gasteiger partial charge on any atom is -0.378 e. The topological polar surface area (TPSA) is 97.2 Å². The van der Waals surface area contributed by atoms with Gasteiger partial charge in [-0.15, -0.1) is 11.3 Å². The van der Waals surface area contributed by atoms with E-state index in [4.69, 9.17) is 4.98 Å². The van der Waals surface area contributed by atoms with Crippen molar-refractivity contribution >= 4 is 49.5 Å². The monoisotopic (exact) mass is 495 g/mol. The Hall–Kier alpha value is -3.24. The number of benzene rings is 1. The third-order valence-electron chi connectivity index (χ3n) is 6.05. The molecule has 1 saturated heterocycles. The second-order valence-corrected chi connectivity index (χ2v) is 11.9. The summed E-state index contributed by atoms with van der Waals surface area (Å²) in [5, 5.41) is 10.2. The standard InChI is InChI=1S/C24H25N5O3S2/c1-15-22-19(24(30)25-16-6-8-17(9-7-16)28(2)3)13-20(21-5-4-11-33-21)26-23(22)29(27-15)18-10-12-34(31,32)14-18/h4-9,11,13,18H,10,12,14H2,1-3H3,(H,25,30)/t18-/m1/s1. The largest absolute Gasteiger partial charge is 0.378 e. The number of rotatable bonds is 5. The van der Waals surface area contributed by atoms with Crippen molar-refractivity contribution in [2.75, 3.05) is 35.8 Å². The normalized spacial score (nSPS) is 17.2. The van der Waals surface area contributed by atoms with E-state index in [2.05, 4.69) is 10.4 Å². The molecular formula is C24H25N5O3S2. The number of hydrogen-bond donors (Lipinski definition) is 1. The summed E-state index contributed by atoms with van der Waals surface area (Å²) in [6.07, 6.45) is 0.489. The number of aryl methyl sites for hydroxylation is 1. The summed E-state index contributed by atoms with van der Waals surface area (Å²) in [5.41, 5.74) is 4.04. The van der Waals surface area contributed by atoms with E-state index in [0.29, 0.717) is 40.1 Å². The number of amides is 1. The van der Waals surface area contributed by atoms with Gasteiger partial charge in [0.1, 0.15) is 0 Å². The molecule has 1 amide bonds. The number of nitrogens with zero attached hydrogens (tertiary/aromatic N) is 4. The van der Waals surface area contributed by atoms with Crippen molar-refractivity contribution in [1.29, 1.82) is 0 Å². The Balaban J connectivity index is 1.61. The molecule has 1 N–H and O–H groups in total. The maximum absolute atomic E-state index is 13.5. The molecular weight excluding hydrogens is 470 g/mol. The molecule has 0 radical (unpaired) electrons. The van der Waals surface area contributed by atoms with Crippen LogP contribution in [0.3, 0.4) is 0 Å². The number of pyridine rings is 1. The van der Waals surface area contributed by atoms with E-state index in [1.807, 2.05) is 67.7 Å². The summed E-state index contributed by atoms with van der Waals surface area (Å²) in [5.74, 6) is -0.0863. The predicted octanol–water partition coefficient (Wildman–Crippen LogP) is 4.15. The third kappa shape index (κ3) is 4.19. The lowest BCUT2D eigenvalue weighted by molar-refractivity contribution is 0.102. The zero-order valence-corrected chi connectivity index (χ0v) is 20.8. The van der Waals surface area contributed by atoms with E-state index in [9.17, 15) is 13.2 Å². The first kappa shape index (κ1) is 22.5. The van der Waals surface area contributed by atoms with Gasteiger partial charge in [-0.2, -0.15) is 5.10 Å². The fraction of sp³-hybridized carbons (Fsp3) is 0.292. The number of nitrogens with one attached hydrogen (secondary N) is 1. The Bertz CT molecular complexity index is 1470. The number of sulfone groups is 1. The summed E-state index contributed by atoms with van der Waals surface area (Å²) in [4.78, 5) is 21.2. The first-order chi connectivity index (χ1) is 16.2. The molecule has 1 atom stereocenters. The Morgan fingerprint density at radius 1 is 1.21 bits per heavy atom. The molecule has 176 valence electrons. The fourth-order valence-corrected chi connectivity index (χ4v) is 6.69. The maximum Gasteiger partial charge on any atom is 0.256 e. The molecule has 0 bridgehead atoms. The van der Waals surface area contributed by atoms with Crippen LogP contribution in [0.25, 0.3) is 21.6 Å². The van der Waals surface area contributed by atoms with Crippen molar-refractivity contribution in [1.82, 2.24) is 14.8 Å². The molecule has 0 saturated carbocycles. The maximum atomic E-state index is 13.5. The van der Waals surface area contributed by atoms with Gasteiger partial charge in [-0.25, -0.2) is 18.1 Å². The van der Waals surface area contributed by atoms with Crippen LogP contribution < -0.4 is 10.2 Å². The summed E-state index contributed by atoms with van der Waals surface area (Å²) in [6, 6.07) is 13.0. The number of hydrogen-bond acceptors (Lipinski definition) is 7. The highest BCUT2D eigenvalue weighted by Gasteiger charge is 2.32.